The molecule has 1 N–H and O–H groups in total. The number of thiophene rings is 1. The summed E-state index contributed by atoms with van der Waals surface area (Å²) in [7, 11) is 0. The van der Waals surface area contributed by atoms with Crippen molar-refractivity contribution in [3.8, 4) is 16.2 Å². The topological polar surface area (TPSA) is 50.7 Å². The van der Waals surface area contributed by atoms with Crippen LogP contribution in [0.2, 0.25) is 0 Å². The van der Waals surface area contributed by atoms with Crippen LogP contribution in [0.4, 0.5) is 0 Å². The third-order valence-corrected chi connectivity index (χ3v) is 5.45. The fourth-order valence-electron chi connectivity index (χ4n) is 2.38. The molecule has 1 amide bonds. The van der Waals surface area contributed by atoms with Crippen molar-refractivity contribution < 1.29 is 9.53 Å². The Morgan fingerprint density at radius 3 is 3.10 bits per heavy atom. The first-order valence-electron chi connectivity index (χ1n) is 6.65. The van der Waals surface area contributed by atoms with Gasteiger partial charge in [-0.15, -0.1) is 11.3 Å². The number of hydrogen-bond donors (Lipinski definition) is 1. The van der Waals surface area contributed by atoms with Crippen LogP contribution in [0.5, 0.6) is 5.75 Å². The molecule has 2 aliphatic heterocycles. The summed E-state index contributed by atoms with van der Waals surface area (Å²) in [6, 6.07) is 9.86. The summed E-state index contributed by atoms with van der Waals surface area (Å²) in [6.07, 6.45) is 0. The number of fused-ring (bicyclic) bond motifs is 3. The predicted molar refractivity (Wildman–Crippen MR) is 86.3 cm³/mol. The SMILES string of the molecule is O=C(NC1=NCCS1)c1cc2c(s1)-c1ccccc1OC2. The quantitative estimate of drug-likeness (QED) is 0.879. The Morgan fingerprint density at radius 2 is 2.24 bits per heavy atom. The molecule has 6 heteroatoms. The van der Waals surface area contributed by atoms with Gasteiger partial charge in [0.25, 0.3) is 5.91 Å². The Kier molecular flexibility index (Phi) is 3.20. The van der Waals surface area contributed by atoms with Crippen molar-refractivity contribution in [3.05, 3.63) is 40.8 Å². The summed E-state index contributed by atoms with van der Waals surface area (Å²) in [5.41, 5.74) is 2.14. The van der Waals surface area contributed by atoms with Gasteiger partial charge < -0.3 is 10.1 Å². The van der Waals surface area contributed by atoms with Gasteiger partial charge in [-0.25, -0.2) is 0 Å². The Morgan fingerprint density at radius 1 is 1.33 bits per heavy atom. The number of benzene rings is 1. The average Bonchev–Trinajstić information content (AvgIpc) is 3.15. The highest BCUT2D eigenvalue weighted by Crippen LogP contribution is 2.42. The Hall–Kier alpha value is -1.79. The van der Waals surface area contributed by atoms with E-state index in [2.05, 4.69) is 10.3 Å². The minimum absolute atomic E-state index is 0.0833. The van der Waals surface area contributed by atoms with Crippen LogP contribution < -0.4 is 10.1 Å². The molecule has 0 bridgehead atoms. The number of nitrogens with one attached hydrogen (secondary N) is 1. The van der Waals surface area contributed by atoms with Gasteiger partial charge in [-0.2, -0.15) is 0 Å². The summed E-state index contributed by atoms with van der Waals surface area (Å²) in [6.45, 7) is 1.30. The van der Waals surface area contributed by atoms with Gasteiger partial charge in [0, 0.05) is 21.8 Å². The molecule has 106 valence electrons. The number of carbonyl (C=O) groups excluding carboxylic acids is 1. The molecule has 0 fully saturated rings. The van der Waals surface area contributed by atoms with Gasteiger partial charge in [0.15, 0.2) is 5.17 Å². The molecule has 4 nitrogen and oxygen atoms in total. The molecule has 3 heterocycles. The van der Waals surface area contributed by atoms with Gasteiger partial charge in [-0.3, -0.25) is 9.79 Å². The molecule has 4 rings (SSSR count). The number of para-hydroxylation sites is 1. The standard InChI is InChI=1S/C15H12N2O2S2/c18-14(17-15-16-5-6-20-15)12-7-9-8-19-11-4-2-1-3-10(11)13(9)21-12/h1-4,7H,5-6,8H2,(H,16,17,18). The van der Waals surface area contributed by atoms with Crippen LogP contribution >= 0.6 is 23.1 Å². The Balaban J connectivity index is 1.65. The Bertz CT molecular complexity index is 752. The smallest absolute Gasteiger partial charge is 0.267 e. The molecule has 2 aliphatic rings. The maximum atomic E-state index is 12.3. The second kappa shape index (κ2) is 5.20. The highest BCUT2D eigenvalue weighted by Gasteiger charge is 2.23. The first-order chi connectivity index (χ1) is 10.3. The van der Waals surface area contributed by atoms with Gasteiger partial charge in [0.1, 0.15) is 12.4 Å². The molecule has 0 saturated carbocycles. The van der Waals surface area contributed by atoms with E-state index < -0.39 is 0 Å². The molecule has 0 aliphatic carbocycles. The van der Waals surface area contributed by atoms with Crippen molar-refractivity contribution >= 4 is 34.2 Å². The molecule has 0 radical (unpaired) electrons. The monoisotopic (exact) mass is 316 g/mol. The maximum Gasteiger partial charge on any atom is 0.267 e. The molecule has 0 unspecified atom stereocenters. The lowest BCUT2D eigenvalue weighted by Gasteiger charge is -2.16. The number of nitrogens with zero attached hydrogens (tertiary/aromatic N) is 1. The number of thioether (sulfide) groups is 1. The molecule has 0 atom stereocenters. The van der Waals surface area contributed by atoms with Crippen LogP contribution in [0.1, 0.15) is 15.2 Å². The number of amidine groups is 1. The van der Waals surface area contributed by atoms with Crippen molar-refractivity contribution in [1.29, 1.82) is 0 Å². The van der Waals surface area contributed by atoms with E-state index in [1.807, 2.05) is 30.3 Å². The third kappa shape index (κ3) is 2.34. The van der Waals surface area contributed by atoms with Crippen molar-refractivity contribution in [2.24, 2.45) is 4.99 Å². The zero-order valence-corrected chi connectivity index (χ0v) is 12.7. The van der Waals surface area contributed by atoms with Crippen molar-refractivity contribution in [1.82, 2.24) is 5.32 Å². The number of amides is 1. The van der Waals surface area contributed by atoms with Crippen LogP contribution in [0.15, 0.2) is 35.3 Å². The molecular formula is C15H12N2O2S2. The summed E-state index contributed by atoms with van der Waals surface area (Å²) in [5, 5.41) is 3.60. The van der Waals surface area contributed by atoms with Gasteiger partial charge in [-0.05, 0) is 18.2 Å². The molecule has 0 saturated heterocycles. The van der Waals surface area contributed by atoms with Crippen LogP contribution in [-0.2, 0) is 6.61 Å². The molecule has 21 heavy (non-hydrogen) atoms. The van der Waals surface area contributed by atoms with Crippen LogP contribution in [0, 0.1) is 0 Å². The summed E-state index contributed by atoms with van der Waals surface area (Å²) in [5.74, 6) is 1.74. The van der Waals surface area contributed by atoms with Crippen molar-refractivity contribution in [2.45, 2.75) is 6.61 Å². The minimum Gasteiger partial charge on any atom is -0.488 e. The zero-order chi connectivity index (χ0) is 14.2. The van der Waals surface area contributed by atoms with Gasteiger partial charge in [0.2, 0.25) is 0 Å². The molecule has 1 aromatic heterocycles. The second-order valence-electron chi connectivity index (χ2n) is 4.74. The summed E-state index contributed by atoms with van der Waals surface area (Å²) in [4.78, 5) is 18.4. The maximum absolute atomic E-state index is 12.3. The predicted octanol–water partition coefficient (Wildman–Crippen LogP) is 3.14. The number of hydrogen-bond acceptors (Lipinski definition) is 5. The van der Waals surface area contributed by atoms with Crippen LogP contribution in [-0.4, -0.2) is 23.4 Å². The van der Waals surface area contributed by atoms with Gasteiger partial charge in [0.05, 0.1) is 11.4 Å². The van der Waals surface area contributed by atoms with E-state index in [9.17, 15) is 4.79 Å². The average molecular weight is 316 g/mol. The number of rotatable bonds is 1. The second-order valence-corrected chi connectivity index (χ2v) is 6.88. The zero-order valence-electron chi connectivity index (χ0n) is 11.1. The highest BCUT2D eigenvalue weighted by atomic mass is 32.2. The highest BCUT2D eigenvalue weighted by molar-refractivity contribution is 8.14. The summed E-state index contributed by atoms with van der Waals surface area (Å²) < 4.78 is 5.72. The van der Waals surface area contributed by atoms with E-state index in [1.165, 1.54) is 11.3 Å². The fourth-order valence-corrected chi connectivity index (χ4v) is 4.20. The first-order valence-corrected chi connectivity index (χ1v) is 8.45. The molecule has 2 aromatic rings. The number of ether oxygens (including phenoxy) is 1. The van der Waals surface area contributed by atoms with E-state index in [1.54, 1.807) is 11.8 Å². The Labute approximate surface area is 130 Å². The molecule has 0 spiro atoms. The number of aliphatic imine (C=N–C) groups is 1. The molecule has 1 aromatic carbocycles. The van der Waals surface area contributed by atoms with Crippen LogP contribution in [0.25, 0.3) is 10.4 Å². The fraction of sp³-hybridized carbons (Fsp3) is 0.200. The minimum atomic E-state index is -0.0833. The number of carbonyl (C=O) groups is 1. The lowest BCUT2D eigenvalue weighted by atomic mass is 10.1. The van der Waals surface area contributed by atoms with E-state index in [0.717, 1.165) is 39.2 Å². The lowest BCUT2D eigenvalue weighted by Crippen LogP contribution is -2.26. The van der Waals surface area contributed by atoms with E-state index >= 15 is 0 Å². The third-order valence-electron chi connectivity index (χ3n) is 3.35. The normalized spacial score (nSPS) is 15.7. The summed E-state index contributed by atoms with van der Waals surface area (Å²) >= 11 is 3.10. The largest absolute Gasteiger partial charge is 0.488 e. The van der Waals surface area contributed by atoms with Crippen LogP contribution in [0.3, 0.4) is 0 Å². The van der Waals surface area contributed by atoms with E-state index in [-0.39, 0.29) is 5.91 Å². The van der Waals surface area contributed by atoms with E-state index in [4.69, 9.17) is 4.74 Å². The molecular weight excluding hydrogens is 304 g/mol. The lowest BCUT2D eigenvalue weighted by molar-refractivity contribution is 0.0982. The van der Waals surface area contributed by atoms with Gasteiger partial charge >= 0.3 is 0 Å². The first kappa shape index (κ1) is 12.9. The van der Waals surface area contributed by atoms with Gasteiger partial charge in [-0.1, -0.05) is 23.9 Å². The van der Waals surface area contributed by atoms with E-state index in [0.29, 0.717) is 11.5 Å². The van der Waals surface area contributed by atoms with Crippen molar-refractivity contribution in [2.75, 3.05) is 12.3 Å². The van der Waals surface area contributed by atoms with Crippen molar-refractivity contribution in [3.63, 3.8) is 0 Å².